The number of carbonyl (C=O) groups is 1. The molecule has 0 heterocycles. The average molecular weight is 272 g/mol. The fraction of sp³-hybridized carbons (Fsp3) is 0.462. The zero-order chi connectivity index (χ0) is 14.6. The number of hydrogen-bond acceptors (Lipinski definition) is 3. The molecule has 0 radical (unpaired) electrons. The van der Waals surface area contributed by atoms with Crippen molar-refractivity contribution in [2.24, 2.45) is 0 Å². The molecule has 1 aromatic rings. The van der Waals surface area contributed by atoms with E-state index in [1.807, 2.05) is 0 Å². The first kappa shape index (κ1) is 15.5. The van der Waals surface area contributed by atoms with Gasteiger partial charge in [0.1, 0.15) is 11.6 Å². The van der Waals surface area contributed by atoms with Gasteiger partial charge in [-0.2, -0.15) is 0 Å². The van der Waals surface area contributed by atoms with Gasteiger partial charge in [0.2, 0.25) is 5.91 Å². The third-order valence-corrected chi connectivity index (χ3v) is 2.75. The van der Waals surface area contributed by atoms with Crippen molar-refractivity contribution in [3.8, 4) is 0 Å². The molecule has 1 aromatic carbocycles. The molecule has 0 aromatic heterocycles. The number of benzene rings is 1. The van der Waals surface area contributed by atoms with Gasteiger partial charge in [-0.05, 0) is 13.0 Å². The van der Waals surface area contributed by atoms with E-state index in [1.54, 1.807) is 21.0 Å². The molecule has 0 aliphatic rings. The molecular weight excluding hydrogens is 254 g/mol. The topological polar surface area (TPSA) is 52.6 Å². The first-order valence-corrected chi connectivity index (χ1v) is 5.90. The molecule has 106 valence electrons. The summed E-state index contributed by atoms with van der Waals surface area (Å²) in [5.74, 6) is -1.65. The zero-order valence-electron chi connectivity index (χ0n) is 11.2. The summed E-state index contributed by atoms with van der Waals surface area (Å²) >= 11 is 0. The van der Waals surface area contributed by atoms with Gasteiger partial charge in [-0.1, -0.05) is 6.07 Å². The van der Waals surface area contributed by atoms with E-state index in [0.717, 1.165) is 6.07 Å². The lowest BCUT2D eigenvalue weighted by Gasteiger charge is -2.20. The summed E-state index contributed by atoms with van der Waals surface area (Å²) in [5, 5.41) is 12.6. The van der Waals surface area contributed by atoms with Crippen molar-refractivity contribution in [1.82, 2.24) is 10.2 Å². The van der Waals surface area contributed by atoms with E-state index in [2.05, 4.69) is 5.32 Å². The molecule has 2 N–H and O–H groups in total. The van der Waals surface area contributed by atoms with Crippen LogP contribution in [-0.4, -0.2) is 42.6 Å². The van der Waals surface area contributed by atoms with Crippen LogP contribution >= 0.6 is 0 Å². The lowest BCUT2D eigenvalue weighted by atomic mass is 10.1. The van der Waals surface area contributed by atoms with E-state index in [-0.39, 0.29) is 18.0 Å². The Balaban J connectivity index is 2.60. The summed E-state index contributed by atoms with van der Waals surface area (Å²) in [7, 11) is 3.24. The van der Waals surface area contributed by atoms with Crippen LogP contribution in [0.3, 0.4) is 0 Å². The monoisotopic (exact) mass is 272 g/mol. The first-order valence-electron chi connectivity index (χ1n) is 5.90. The van der Waals surface area contributed by atoms with Crippen LogP contribution in [0.15, 0.2) is 18.2 Å². The standard InChI is InChI=1S/C13H18F2N2O2/c1-8(13(19)17(2)3)16-7-12(18)10-5-4-9(14)6-11(10)15/h4-6,8,12,16,18H,7H2,1-3H3. The Kier molecular flexibility index (Phi) is 5.38. The number of aliphatic hydroxyl groups is 1. The number of carbonyl (C=O) groups excluding carboxylic acids is 1. The van der Waals surface area contributed by atoms with E-state index in [4.69, 9.17) is 0 Å². The Morgan fingerprint density at radius 3 is 2.58 bits per heavy atom. The molecule has 6 heteroatoms. The maximum atomic E-state index is 13.4. The van der Waals surface area contributed by atoms with E-state index in [0.29, 0.717) is 6.07 Å². The number of likely N-dealkylation sites (N-methyl/N-ethyl adjacent to an activating group) is 1. The Morgan fingerprint density at radius 1 is 1.42 bits per heavy atom. The molecule has 0 bridgehead atoms. The second kappa shape index (κ2) is 6.58. The van der Waals surface area contributed by atoms with Crippen LogP contribution in [0, 0.1) is 11.6 Å². The second-order valence-corrected chi connectivity index (χ2v) is 4.54. The molecule has 0 aliphatic carbocycles. The summed E-state index contributed by atoms with van der Waals surface area (Å²) < 4.78 is 26.1. The maximum Gasteiger partial charge on any atom is 0.238 e. The molecule has 0 saturated carbocycles. The molecule has 1 rings (SSSR count). The number of rotatable bonds is 5. The van der Waals surface area contributed by atoms with Crippen molar-refractivity contribution in [2.75, 3.05) is 20.6 Å². The molecule has 2 unspecified atom stereocenters. The zero-order valence-corrected chi connectivity index (χ0v) is 11.2. The van der Waals surface area contributed by atoms with Crippen molar-refractivity contribution in [3.63, 3.8) is 0 Å². The van der Waals surface area contributed by atoms with Crippen LogP contribution in [0.5, 0.6) is 0 Å². The highest BCUT2D eigenvalue weighted by Crippen LogP contribution is 2.17. The molecule has 0 spiro atoms. The third-order valence-electron chi connectivity index (χ3n) is 2.75. The molecule has 19 heavy (non-hydrogen) atoms. The number of nitrogens with one attached hydrogen (secondary N) is 1. The van der Waals surface area contributed by atoms with Crippen LogP contribution < -0.4 is 5.32 Å². The predicted octanol–water partition coefficient (Wildman–Crippen LogP) is 1.06. The summed E-state index contributed by atoms with van der Waals surface area (Å²) in [4.78, 5) is 13.0. The number of nitrogens with zero attached hydrogens (tertiary/aromatic N) is 1. The lowest BCUT2D eigenvalue weighted by Crippen LogP contribution is -2.43. The molecule has 4 nitrogen and oxygen atoms in total. The minimum Gasteiger partial charge on any atom is -0.387 e. The van der Waals surface area contributed by atoms with Crippen molar-refractivity contribution in [2.45, 2.75) is 19.1 Å². The Hall–Kier alpha value is -1.53. The van der Waals surface area contributed by atoms with E-state index >= 15 is 0 Å². The minimum absolute atomic E-state index is 0.00148. The Bertz CT molecular complexity index is 452. The van der Waals surface area contributed by atoms with Crippen molar-refractivity contribution < 1.29 is 18.7 Å². The van der Waals surface area contributed by atoms with Gasteiger partial charge >= 0.3 is 0 Å². The van der Waals surface area contributed by atoms with E-state index < -0.39 is 23.8 Å². The number of hydrogen-bond donors (Lipinski definition) is 2. The highest BCUT2D eigenvalue weighted by Gasteiger charge is 2.18. The van der Waals surface area contributed by atoms with Crippen LogP contribution in [0.25, 0.3) is 0 Å². The van der Waals surface area contributed by atoms with E-state index in [1.165, 1.54) is 11.0 Å². The molecule has 0 fully saturated rings. The summed E-state index contributed by atoms with van der Waals surface area (Å²) in [6.45, 7) is 1.65. The third kappa shape index (κ3) is 4.25. The van der Waals surface area contributed by atoms with Crippen molar-refractivity contribution in [3.05, 3.63) is 35.4 Å². The molecular formula is C13H18F2N2O2. The molecule has 1 amide bonds. The summed E-state index contributed by atoms with van der Waals surface area (Å²) in [6.07, 6.45) is -1.14. The highest BCUT2D eigenvalue weighted by molar-refractivity contribution is 5.80. The summed E-state index contributed by atoms with van der Waals surface area (Å²) in [6, 6.07) is 2.49. The van der Waals surface area contributed by atoms with Crippen LogP contribution in [0.1, 0.15) is 18.6 Å². The second-order valence-electron chi connectivity index (χ2n) is 4.54. The van der Waals surface area contributed by atoms with Crippen LogP contribution in [0.2, 0.25) is 0 Å². The fourth-order valence-electron chi connectivity index (χ4n) is 1.64. The quantitative estimate of drug-likeness (QED) is 0.843. The maximum absolute atomic E-state index is 13.4. The van der Waals surface area contributed by atoms with E-state index in [9.17, 15) is 18.7 Å². The first-order chi connectivity index (χ1) is 8.82. The van der Waals surface area contributed by atoms with Gasteiger partial charge in [-0.3, -0.25) is 4.79 Å². The minimum atomic E-state index is -1.14. The van der Waals surface area contributed by atoms with Gasteiger partial charge in [0.05, 0.1) is 12.1 Å². The number of aliphatic hydroxyl groups excluding tert-OH is 1. The SMILES string of the molecule is CC(NCC(O)c1ccc(F)cc1F)C(=O)N(C)C. The fourth-order valence-corrected chi connectivity index (χ4v) is 1.64. The summed E-state index contributed by atoms with van der Waals surface area (Å²) in [5.41, 5.74) is -0.00148. The average Bonchev–Trinajstić information content (AvgIpc) is 2.34. The normalized spacial score (nSPS) is 14.0. The Morgan fingerprint density at radius 2 is 2.05 bits per heavy atom. The number of halogens is 2. The largest absolute Gasteiger partial charge is 0.387 e. The smallest absolute Gasteiger partial charge is 0.238 e. The van der Waals surface area contributed by atoms with Crippen LogP contribution in [0.4, 0.5) is 8.78 Å². The van der Waals surface area contributed by atoms with Gasteiger partial charge in [-0.15, -0.1) is 0 Å². The molecule has 0 aliphatic heterocycles. The predicted molar refractivity (Wildman–Crippen MR) is 67.5 cm³/mol. The molecule has 0 saturated heterocycles. The van der Waals surface area contributed by atoms with Crippen LogP contribution in [-0.2, 0) is 4.79 Å². The van der Waals surface area contributed by atoms with Crippen molar-refractivity contribution in [1.29, 1.82) is 0 Å². The van der Waals surface area contributed by atoms with Gasteiger partial charge in [0.15, 0.2) is 0 Å². The number of amides is 1. The molecule has 2 atom stereocenters. The van der Waals surface area contributed by atoms with Gasteiger partial charge < -0.3 is 15.3 Å². The lowest BCUT2D eigenvalue weighted by molar-refractivity contribution is -0.130. The Labute approximate surface area is 111 Å². The van der Waals surface area contributed by atoms with Gasteiger partial charge in [0.25, 0.3) is 0 Å². The van der Waals surface area contributed by atoms with Gasteiger partial charge in [0, 0.05) is 32.3 Å². The van der Waals surface area contributed by atoms with Crippen molar-refractivity contribution >= 4 is 5.91 Å². The highest BCUT2D eigenvalue weighted by atomic mass is 19.1. The van der Waals surface area contributed by atoms with Gasteiger partial charge in [-0.25, -0.2) is 8.78 Å².